The highest BCUT2D eigenvalue weighted by molar-refractivity contribution is 5.76. The summed E-state index contributed by atoms with van der Waals surface area (Å²) < 4.78 is 5.66. The molecule has 1 atom stereocenters. The number of rotatable bonds is 0. The van der Waals surface area contributed by atoms with Crippen molar-refractivity contribution in [3.05, 3.63) is 24.3 Å². The van der Waals surface area contributed by atoms with E-state index in [2.05, 4.69) is 22.0 Å². The third-order valence-electron chi connectivity index (χ3n) is 2.73. The summed E-state index contributed by atoms with van der Waals surface area (Å²) in [6, 6.07) is 8.53. The number of hydrogen-bond donors (Lipinski definition) is 0. The standard InChI is InChI=1S/C11H12N2O/c1-2-4-11-10(3-1)13-6-5-12-7-9(13)8-14-11/h1-4,7,9H,5-6,8H2. The topological polar surface area (TPSA) is 24.8 Å². The van der Waals surface area contributed by atoms with Gasteiger partial charge >= 0.3 is 0 Å². The van der Waals surface area contributed by atoms with E-state index in [0.29, 0.717) is 6.04 Å². The summed E-state index contributed by atoms with van der Waals surface area (Å²) in [6.45, 7) is 2.62. The smallest absolute Gasteiger partial charge is 0.142 e. The molecule has 2 aliphatic heterocycles. The molecule has 0 radical (unpaired) electrons. The summed E-state index contributed by atoms with van der Waals surface area (Å²) in [5.41, 5.74) is 1.20. The number of aliphatic imine (C=N–C) groups is 1. The fraction of sp³-hybridized carbons (Fsp3) is 0.364. The molecule has 3 nitrogen and oxygen atoms in total. The van der Waals surface area contributed by atoms with Crippen LogP contribution in [0.15, 0.2) is 29.3 Å². The monoisotopic (exact) mass is 188 g/mol. The Hall–Kier alpha value is -1.51. The Balaban J connectivity index is 2.04. The van der Waals surface area contributed by atoms with E-state index >= 15 is 0 Å². The van der Waals surface area contributed by atoms with Crippen LogP contribution in [0, 0.1) is 0 Å². The van der Waals surface area contributed by atoms with E-state index in [-0.39, 0.29) is 0 Å². The molecule has 3 heteroatoms. The fourth-order valence-electron chi connectivity index (χ4n) is 2.03. The number of ether oxygens (including phenoxy) is 1. The van der Waals surface area contributed by atoms with E-state index in [1.807, 2.05) is 18.3 Å². The van der Waals surface area contributed by atoms with Crippen molar-refractivity contribution in [2.24, 2.45) is 4.99 Å². The van der Waals surface area contributed by atoms with Gasteiger partial charge in [-0.3, -0.25) is 4.99 Å². The van der Waals surface area contributed by atoms with Crippen LogP contribution < -0.4 is 9.64 Å². The number of anilines is 1. The summed E-state index contributed by atoms with van der Waals surface area (Å²) in [4.78, 5) is 6.65. The fourth-order valence-corrected chi connectivity index (χ4v) is 2.03. The maximum Gasteiger partial charge on any atom is 0.142 e. The van der Waals surface area contributed by atoms with Crippen molar-refractivity contribution in [2.75, 3.05) is 24.6 Å². The second-order valence-electron chi connectivity index (χ2n) is 3.59. The Kier molecular flexibility index (Phi) is 1.69. The van der Waals surface area contributed by atoms with E-state index in [0.717, 1.165) is 25.4 Å². The third kappa shape index (κ3) is 1.09. The second-order valence-corrected chi connectivity index (χ2v) is 3.59. The van der Waals surface area contributed by atoms with Crippen LogP contribution in [-0.4, -0.2) is 32.0 Å². The quantitative estimate of drug-likeness (QED) is 0.613. The van der Waals surface area contributed by atoms with Crippen molar-refractivity contribution in [1.82, 2.24) is 0 Å². The molecule has 2 aliphatic rings. The Labute approximate surface area is 83.0 Å². The lowest BCUT2D eigenvalue weighted by Gasteiger charge is -2.38. The van der Waals surface area contributed by atoms with Crippen LogP contribution in [0.4, 0.5) is 5.69 Å². The van der Waals surface area contributed by atoms with Crippen LogP contribution in [-0.2, 0) is 0 Å². The van der Waals surface area contributed by atoms with Crippen LogP contribution in [0.2, 0.25) is 0 Å². The summed E-state index contributed by atoms with van der Waals surface area (Å²) in [5.74, 6) is 0.999. The van der Waals surface area contributed by atoms with Crippen molar-refractivity contribution in [3.8, 4) is 5.75 Å². The lowest BCUT2D eigenvalue weighted by molar-refractivity contribution is 0.288. The number of nitrogens with zero attached hydrogens (tertiary/aromatic N) is 2. The summed E-state index contributed by atoms with van der Waals surface area (Å²) in [6.07, 6.45) is 2.00. The molecule has 1 aromatic carbocycles. The first-order chi connectivity index (χ1) is 6.95. The van der Waals surface area contributed by atoms with Gasteiger partial charge in [-0.2, -0.15) is 0 Å². The van der Waals surface area contributed by atoms with Crippen LogP contribution >= 0.6 is 0 Å². The summed E-state index contributed by atoms with van der Waals surface area (Å²) >= 11 is 0. The SMILES string of the molecule is C1=NCCN2c3ccccc3OCC12. The molecule has 0 amide bonds. The average molecular weight is 188 g/mol. The number of benzene rings is 1. The molecule has 0 aliphatic carbocycles. The van der Waals surface area contributed by atoms with Gasteiger partial charge in [0.2, 0.25) is 0 Å². The lowest BCUT2D eigenvalue weighted by Crippen LogP contribution is -2.47. The lowest BCUT2D eigenvalue weighted by atomic mass is 10.1. The Morgan fingerprint density at radius 3 is 3.29 bits per heavy atom. The Morgan fingerprint density at radius 2 is 2.29 bits per heavy atom. The normalized spacial score (nSPS) is 23.7. The van der Waals surface area contributed by atoms with E-state index in [9.17, 15) is 0 Å². The van der Waals surface area contributed by atoms with Gasteiger partial charge in [-0.1, -0.05) is 12.1 Å². The molecule has 0 saturated carbocycles. The summed E-state index contributed by atoms with van der Waals surface area (Å²) in [5, 5.41) is 0. The third-order valence-corrected chi connectivity index (χ3v) is 2.73. The van der Waals surface area contributed by atoms with Gasteiger partial charge in [-0.05, 0) is 12.1 Å². The van der Waals surface area contributed by atoms with E-state index in [4.69, 9.17) is 4.74 Å². The van der Waals surface area contributed by atoms with Crippen LogP contribution in [0.5, 0.6) is 5.75 Å². The largest absolute Gasteiger partial charge is 0.489 e. The predicted octanol–water partition coefficient (Wildman–Crippen LogP) is 1.34. The zero-order valence-electron chi connectivity index (χ0n) is 7.89. The van der Waals surface area contributed by atoms with Crippen molar-refractivity contribution in [2.45, 2.75) is 6.04 Å². The second kappa shape index (κ2) is 3.01. The highest BCUT2D eigenvalue weighted by Gasteiger charge is 2.27. The molecule has 3 rings (SSSR count). The van der Waals surface area contributed by atoms with Gasteiger partial charge in [0, 0.05) is 12.8 Å². The molecule has 0 saturated heterocycles. The van der Waals surface area contributed by atoms with Gasteiger partial charge in [0.1, 0.15) is 12.4 Å². The average Bonchev–Trinajstić information content (AvgIpc) is 2.29. The van der Waals surface area contributed by atoms with Crippen molar-refractivity contribution in [1.29, 1.82) is 0 Å². The molecule has 1 aromatic rings. The first-order valence-electron chi connectivity index (χ1n) is 4.93. The van der Waals surface area contributed by atoms with Crippen molar-refractivity contribution >= 4 is 11.9 Å². The minimum absolute atomic E-state index is 0.332. The molecule has 1 unspecified atom stereocenters. The molecular formula is C11H12N2O. The van der Waals surface area contributed by atoms with Gasteiger partial charge in [0.25, 0.3) is 0 Å². The number of hydrogen-bond acceptors (Lipinski definition) is 3. The molecule has 0 bridgehead atoms. The van der Waals surface area contributed by atoms with E-state index in [1.165, 1.54) is 5.69 Å². The van der Waals surface area contributed by atoms with Gasteiger partial charge in [-0.25, -0.2) is 0 Å². The molecular weight excluding hydrogens is 176 g/mol. The molecule has 72 valence electrons. The highest BCUT2D eigenvalue weighted by Crippen LogP contribution is 2.33. The van der Waals surface area contributed by atoms with Crippen LogP contribution in [0.25, 0.3) is 0 Å². The first-order valence-corrected chi connectivity index (χ1v) is 4.93. The first kappa shape index (κ1) is 7.85. The Bertz CT molecular complexity index is 375. The highest BCUT2D eigenvalue weighted by atomic mass is 16.5. The minimum atomic E-state index is 0.332. The van der Waals surface area contributed by atoms with Gasteiger partial charge in [0.05, 0.1) is 18.3 Å². The Morgan fingerprint density at radius 1 is 1.36 bits per heavy atom. The number of fused-ring (bicyclic) bond motifs is 3. The molecule has 0 fully saturated rings. The van der Waals surface area contributed by atoms with E-state index in [1.54, 1.807) is 0 Å². The van der Waals surface area contributed by atoms with Gasteiger partial charge in [-0.15, -0.1) is 0 Å². The van der Waals surface area contributed by atoms with Crippen molar-refractivity contribution in [3.63, 3.8) is 0 Å². The zero-order chi connectivity index (χ0) is 9.38. The van der Waals surface area contributed by atoms with Crippen LogP contribution in [0.1, 0.15) is 0 Å². The van der Waals surface area contributed by atoms with Crippen LogP contribution in [0.3, 0.4) is 0 Å². The minimum Gasteiger partial charge on any atom is -0.489 e. The predicted molar refractivity (Wildman–Crippen MR) is 56.4 cm³/mol. The van der Waals surface area contributed by atoms with Crippen molar-refractivity contribution < 1.29 is 4.74 Å². The molecule has 2 heterocycles. The van der Waals surface area contributed by atoms with Gasteiger partial charge < -0.3 is 9.64 Å². The molecule has 0 aromatic heterocycles. The number of para-hydroxylation sites is 2. The van der Waals surface area contributed by atoms with Gasteiger partial charge in [0.15, 0.2) is 0 Å². The summed E-state index contributed by atoms with van der Waals surface area (Å²) in [7, 11) is 0. The maximum atomic E-state index is 5.66. The molecule has 0 N–H and O–H groups in total. The van der Waals surface area contributed by atoms with E-state index < -0.39 is 0 Å². The molecule has 14 heavy (non-hydrogen) atoms. The zero-order valence-corrected chi connectivity index (χ0v) is 7.89. The molecule has 0 spiro atoms. The maximum absolute atomic E-state index is 5.66.